The first-order chi connectivity index (χ1) is 8.54. The van der Waals surface area contributed by atoms with Crippen LogP contribution >= 0.6 is 15.9 Å². The normalized spacial score (nSPS) is 10.1. The van der Waals surface area contributed by atoms with Gasteiger partial charge in [-0.2, -0.15) is 4.39 Å². The number of hydrogen-bond acceptors (Lipinski definition) is 5. The molecule has 0 atom stereocenters. The predicted octanol–water partition coefficient (Wildman–Crippen LogP) is 3.08. The summed E-state index contributed by atoms with van der Waals surface area (Å²) in [5, 5.41) is 10.7. The van der Waals surface area contributed by atoms with Gasteiger partial charge in [0.15, 0.2) is 0 Å². The minimum absolute atomic E-state index is 0.0325. The molecule has 0 N–H and O–H groups in total. The summed E-state index contributed by atoms with van der Waals surface area (Å²) in [7, 11) is 0. The second-order valence-corrected chi connectivity index (χ2v) is 4.10. The first kappa shape index (κ1) is 12.4. The topological polar surface area (TPSA) is 78.2 Å². The second-order valence-electron chi connectivity index (χ2n) is 3.18. The molecule has 0 bridgehead atoms. The van der Waals surface area contributed by atoms with Crippen molar-refractivity contribution in [2.45, 2.75) is 0 Å². The molecule has 6 nitrogen and oxygen atoms in total. The van der Waals surface area contributed by atoms with Crippen LogP contribution < -0.4 is 4.74 Å². The zero-order valence-corrected chi connectivity index (χ0v) is 10.3. The molecule has 0 aliphatic heterocycles. The third kappa shape index (κ3) is 2.98. The monoisotopic (exact) mass is 313 g/mol. The fraction of sp³-hybridized carbons (Fsp3) is 0. The molecule has 2 aromatic rings. The van der Waals surface area contributed by atoms with Crippen LogP contribution in [-0.2, 0) is 0 Å². The van der Waals surface area contributed by atoms with Gasteiger partial charge in [-0.25, -0.2) is 9.97 Å². The Morgan fingerprint density at radius 1 is 1.28 bits per heavy atom. The Balaban J connectivity index is 2.31. The minimum Gasteiger partial charge on any atom is -0.439 e. The van der Waals surface area contributed by atoms with Gasteiger partial charge in [-0.3, -0.25) is 10.1 Å². The molecule has 92 valence electrons. The number of non-ortho nitro benzene ring substituents is 1. The van der Waals surface area contributed by atoms with E-state index in [0.717, 1.165) is 12.4 Å². The van der Waals surface area contributed by atoms with Gasteiger partial charge in [-0.15, -0.1) is 0 Å². The maximum absolute atomic E-state index is 12.8. The van der Waals surface area contributed by atoms with Gasteiger partial charge in [0.25, 0.3) is 5.69 Å². The molecular formula is C10H5BrFN3O3. The number of halogens is 2. The van der Waals surface area contributed by atoms with Gasteiger partial charge in [0, 0.05) is 10.5 Å². The molecular weight excluding hydrogens is 309 g/mol. The summed E-state index contributed by atoms with van der Waals surface area (Å²) in [5.74, 6) is -0.603. The zero-order valence-electron chi connectivity index (χ0n) is 8.71. The largest absolute Gasteiger partial charge is 0.439 e. The van der Waals surface area contributed by atoms with Crippen molar-refractivity contribution in [1.82, 2.24) is 9.97 Å². The number of nitro groups is 1. The third-order valence-corrected chi connectivity index (χ3v) is 2.36. The molecule has 1 heterocycles. The molecule has 0 aliphatic rings. The Kier molecular flexibility index (Phi) is 3.47. The highest BCUT2D eigenvalue weighted by Crippen LogP contribution is 2.28. The summed E-state index contributed by atoms with van der Waals surface area (Å²) < 4.78 is 18.5. The lowest BCUT2D eigenvalue weighted by atomic mass is 10.3. The summed E-state index contributed by atoms with van der Waals surface area (Å²) in [5.41, 5.74) is -0.145. The maximum Gasteiger partial charge on any atom is 0.274 e. The van der Waals surface area contributed by atoms with Crippen LogP contribution in [0.1, 0.15) is 0 Å². The Hall–Kier alpha value is -2.09. The molecule has 0 aliphatic carbocycles. The van der Waals surface area contributed by atoms with Crippen molar-refractivity contribution in [3.8, 4) is 11.6 Å². The Morgan fingerprint density at radius 3 is 2.72 bits per heavy atom. The van der Waals surface area contributed by atoms with Crippen LogP contribution in [0.25, 0.3) is 0 Å². The average molecular weight is 314 g/mol. The van der Waals surface area contributed by atoms with Crippen LogP contribution in [0, 0.1) is 16.1 Å². The second kappa shape index (κ2) is 5.05. The summed E-state index contributed by atoms with van der Waals surface area (Å²) in [6.07, 6.45) is 0.997. The van der Waals surface area contributed by atoms with E-state index in [1.807, 2.05) is 0 Å². The van der Waals surface area contributed by atoms with Crippen molar-refractivity contribution in [2.24, 2.45) is 0 Å². The van der Waals surface area contributed by atoms with Crippen molar-refractivity contribution < 1.29 is 14.1 Å². The average Bonchev–Trinajstić information content (AvgIpc) is 2.28. The number of nitrogens with zero attached hydrogens (tertiary/aromatic N) is 3. The molecule has 1 aromatic heterocycles. The van der Waals surface area contributed by atoms with Crippen molar-refractivity contribution in [3.05, 3.63) is 51.1 Å². The van der Waals surface area contributed by atoms with Crippen molar-refractivity contribution in [1.29, 1.82) is 0 Å². The van der Waals surface area contributed by atoms with Crippen LogP contribution in [0.3, 0.4) is 0 Å². The van der Waals surface area contributed by atoms with Gasteiger partial charge in [0.2, 0.25) is 11.8 Å². The predicted molar refractivity (Wildman–Crippen MR) is 62.9 cm³/mol. The summed E-state index contributed by atoms with van der Waals surface area (Å²) in [6, 6.07) is 5.03. The standard InChI is InChI=1S/C10H5BrFN3O3/c11-6-1-7(15(16)17)3-8(2-6)18-10-4-9(12)13-5-14-10/h1-5H. The van der Waals surface area contributed by atoms with Crippen molar-refractivity contribution in [2.75, 3.05) is 0 Å². The van der Waals surface area contributed by atoms with Crippen LogP contribution in [0.4, 0.5) is 10.1 Å². The first-order valence-corrected chi connectivity index (χ1v) is 5.44. The smallest absolute Gasteiger partial charge is 0.274 e. The molecule has 0 spiro atoms. The lowest BCUT2D eigenvalue weighted by molar-refractivity contribution is -0.385. The molecule has 0 saturated carbocycles. The van der Waals surface area contributed by atoms with E-state index in [4.69, 9.17) is 4.74 Å². The van der Waals surface area contributed by atoms with E-state index < -0.39 is 10.9 Å². The van der Waals surface area contributed by atoms with Gasteiger partial charge < -0.3 is 4.74 Å². The van der Waals surface area contributed by atoms with Crippen LogP contribution in [0.5, 0.6) is 11.6 Å². The highest BCUT2D eigenvalue weighted by atomic mass is 79.9. The lowest BCUT2D eigenvalue weighted by Gasteiger charge is -2.04. The van der Waals surface area contributed by atoms with Gasteiger partial charge in [-0.1, -0.05) is 15.9 Å². The fourth-order valence-electron chi connectivity index (χ4n) is 1.21. The molecule has 18 heavy (non-hydrogen) atoms. The van der Waals surface area contributed by atoms with Crippen LogP contribution in [0.15, 0.2) is 35.1 Å². The number of hydrogen-bond donors (Lipinski definition) is 0. The Morgan fingerprint density at radius 2 is 2.06 bits per heavy atom. The Bertz CT molecular complexity index is 609. The number of ether oxygens (including phenoxy) is 1. The highest BCUT2D eigenvalue weighted by Gasteiger charge is 2.10. The van der Waals surface area contributed by atoms with Gasteiger partial charge in [0.1, 0.15) is 12.1 Å². The highest BCUT2D eigenvalue weighted by molar-refractivity contribution is 9.10. The number of rotatable bonds is 3. The fourth-order valence-corrected chi connectivity index (χ4v) is 1.67. The maximum atomic E-state index is 12.8. The molecule has 8 heteroatoms. The minimum atomic E-state index is -0.746. The Labute approximate surface area is 109 Å². The van der Waals surface area contributed by atoms with E-state index in [2.05, 4.69) is 25.9 Å². The lowest BCUT2D eigenvalue weighted by Crippen LogP contribution is -1.93. The van der Waals surface area contributed by atoms with Gasteiger partial charge in [0.05, 0.1) is 17.1 Å². The summed E-state index contributed by atoms with van der Waals surface area (Å²) >= 11 is 3.12. The van der Waals surface area contributed by atoms with E-state index in [1.165, 1.54) is 18.2 Å². The molecule has 2 rings (SSSR count). The number of benzene rings is 1. The molecule has 0 amide bonds. The third-order valence-electron chi connectivity index (χ3n) is 1.90. The van der Waals surface area contributed by atoms with E-state index in [1.54, 1.807) is 0 Å². The molecule has 0 radical (unpaired) electrons. The molecule has 0 unspecified atom stereocenters. The SMILES string of the molecule is O=[N+]([O-])c1cc(Br)cc(Oc2cc(F)ncn2)c1. The van der Waals surface area contributed by atoms with Gasteiger partial charge in [-0.05, 0) is 6.07 Å². The van der Waals surface area contributed by atoms with E-state index in [9.17, 15) is 14.5 Å². The van der Waals surface area contributed by atoms with E-state index in [-0.39, 0.29) is 17.3 Å². The van der Waals surface area contributed by atoms with E-state index >= 15 is 0 Å². The van der Waals surface area contributed by atoms with Crippen LogP contribution in [0.2, 0.25) is 0 Å². The first-order valence-electron chi connectivity index (χ1n) is 4.65. The summed E-state index contributed by atoms with van der Waals surface area (Å²) in [6.45, 7) is 0. The van der Waals surface area contributed by atoms with E-state index in [0.29, 0.717) is 4.47 Å². The number of nitro benzene ring substituents is 1. The molecule has 0 saturated heterocycles. The summed E-state index contributed by atoms with van der Waals surface area (Å²) in [4.78, 5) is 17.0. The van der Waals surface area contributed by atoms with Crippen molar-refractivity contribution >= 4 is 21.6 Å². The van der Waals surface area contributed by atoms with Crippen molar-refractivity contribution in [3.63, 3.8) is 0 Å². The zero-order chi connectivity index (χ0) is 13.1. The molecule has 1 aromatic carbocycles. The molecule has 0 fully saturated rings. The van der Waals surface area contributed by atoms with Crippen LogP contribution in [-0.4, -0.2) is 14.9 Å². The van der Waals surface area contributed by atoms with Gasteiger partial charge >= 0.3 is 0 Å². The quantitative estimate of drug-likeness (QED) is 0.494. The number of aromatic nitrogens is 2.